The summed E-state index contributed by atoms with van der Waals surface area (Å²) >= 11 is 0. The van der Waals surface area contributed by atoms with Gasteiger partial charge < -0.3 is 15.4 Å². The summed E-state index contributed by atoms with van der Waals surface area (Å²) in [4.78, 5) is 0. The van der Waals surface area contributed by atoms with Crippen LogP contribution in [0.2, 0.25) is 0 Å². The topological polar surface area (TPSA) is 48.9 Å². The number of nitrogens with two attached hydrogens (primary N) is 1. The van der Waals surface area contributed by atoms with Gasteiger partial charge in [0.2, 0.25) is 0 Å². The lowest BCUT2D eigenvalue weighted by Gasteiger charge is -2.06. The van der Waals surface area contributed by atoms with Crippen molar-refractivity contribution in [1.82, 2.24) is 0 Å². The Bertz CT molecular complexity index is 248. The SMILES string of the molecule is COc1ccc([NH2+][O-])c(C)c1. The van der Waals surface area contributed by atoms with E-state index in [1.54, 1.807) is 19.2 Å². The molecule has 0 fully saturated rings. The first-order chi connectivity index (χ1) is 5.27. The highest BCUT2D eigenvalue weighted by molar-refractivity contribution is 5.43. The maximum atomic E-state index is 10.4. The van der Waals surface area contributed by atoms with E-state index in [1.165, 1.54) is 0 Å². The number of hydrogen-bond donors (Lipinski definition) is 1. The highest BCUT2D eigenvalue weighted by Crippen LogP contribution is 2.16. The van der Waals surface area contributed by atoms with Gasteiger partial charge in [-0.25, -0.2) is 0 Å². The number of hydrogen-bond acceptors (Lipinski definition) is 2. The van der Waals surface area contributed by atoms with Crippen LogP contribution in [0, 0.1) is 12.1 Å². The molecule has 0 heterocycles. The van der Waals surface area contributed by atoms with Crippen LogP contribution in [0.3, 0.4) is 0 Å². The molecular weight excluding hydrogens is 142 g/mol. The van der Waals surface area contributed by atoms with Gasteiger partial charge in [0.05, 0.1) is 7.11 Å². The maximum absolute atomic E-state index is 10.4. The largest absolute Gasteiger partial charge is 0.630 e. The van der Waals surface area contributed by atoms with Crippen LogP contribution in [-0.4, -0.2) is 7.11 Å². The molecule has 11 heavy (non-hydrogen) atoms. The fourth-order valence-electron chi connectivity index (χ4n) is 0.907. The van der Waals surface area contributed by atoms with Crippen LogP contribution in [0.5, 0.6) is 5.75 Å². The lowest BCUT2D eigenvalue weighted by atomic mass is 10.2. The Kier molecular flexibility index (Phi) is 2.46. The molecule has 0 radical (unpaired) electrons. The van der Waals surface area contributed by atoms with Crippen LogP contribution in [-0.2, 0) is 0 Å². The van der Waals surface area contributed by atoms with Gasteiger partial charge in [0, 0.05) is 11.6 Å². The van der Waals surface area contributed by atoms with E-state index in [9.17, 15) is 5.21 Å². The number of ether oxygens (including phenoxy) is 1. The van der Waals surface area contributed by atoms with Gasteiger partial charge in [-0.1, -0.05) is 0 Å². The highest BCUT2D eigenvalue weighted by atomic mass is 16.5. The van der Waals surface area contributed by atoms with Crippen molar-refractivity contribution in [3.63, 3.8) is 0 Å². The van der Waals surface area contributed by atoms with Gasteiger partial charge in [-0.15, -0.1) is 0 Å². The van der Waals surface area contributed by atoms with Gasteiger partial charge in [-0.05, 0) is 19.1 Å². The summed E-state index contributed by atoms with van der Waals surface area (Å²) in [7, 11) is 1.61. The monoisotopic (exact) mass is 153 g/mol. The van der Waals surface area contributed by atoms with Gasteiger partial charge >= 0.3 is 0 Å². The molecule has 0 aromatic heterocycles. The van der Waals surface area contributed by atoms with E-state index in [0.29, 0.717) is 5.69 Å². The third-order valence-corrected chi connectivity index (χ3v) is 1.60. The zero-order valence-electron chi connectivity index (χ0n) is 6.63. The lowest BCUT2D eigenvalue weighted by molar-refractivity contribution is -0.497. The van der Waals surface area contributed by atoms with Crippen molar-refractivity contribution >= 4 is 5.69 Å². The predicted octanol–water partition coefficient (Wildman–Crippen LogP) is 0.696. The average molecular weight is 153 g/mol. The molecule has 1 rings (SSSR count). The second-order valence-corrected chi connectivity index (χ2v) is 2.34. The molecule has 0 atom stereocenters. The molecule has 3 nitrogen and oxygen atoms in total. The molecule has 2 N–H and O–H groups in total. The van der Waals surface area contributed by atoms with Crippen molar-refractivity contribution < 1.29 is 10.2 Å². The van der Waals surface area contributed by atoms with Crippen LogP contribution < -0.4 is 10.2 Å². The summed E-state index contributed by atoms with van der Waals surface area (Å²) in [6.07, 6.45) is 0. The first-order valence-corrected chi connectivity index (χ1v) is 3.37. The molecule has 3 heteroatoms. The third-order valence-electron chi connectivity index (χ3n) is 1.60. The molecule has 1 aromatic rings. The first-order valence-electron chi connectivity index (χ1n) is 3.37. The first kappa shape index (κ1) is 8.04. The Hall–Kier alpha value is -1.06. The molecule has 0 aliphatic carbocycles. The molecule has 0 amide bonds. The van der Waals surface area contributed by atoms with Gasteiger partial charge in [0.15, 0.2) is 0 Å². The summed E-state index contributed by atoms with van der Waals surface area (Å²) in [6, 6.07) is 5.36. The van der Waals surface area contributed by atoms with Gasteiger partial charge in [-0.3, -0.25) is 0 Å². The number of quaternary nitrogens is 1. The summed E-state index contributed by atoms with van der Waals surface area (Å²) in [5.74, 6) is 0.785. The van der Waals surface area contributed by atoms with E-state index in [1.807, 2.05) is 13.0 Å². The zero-order valence-corrected chi connectivity index (χ0v) is 6.63. The van der Waals surface area contributed by atoms with Gasteiger partial charge in [-0.2, -0.15) is 0 Å². The van der Waals surface area contributed by atoms with Crippen molar-refractivity contribution in [3.05, 3.63) is 29.0 Å². The van der Waals surface area contributed by atoms with E-state index in [2.05, 4.69) is 0 Å². The van der Waals surface area contributed by atoms with Crippen molar-refractivity contribution in [3.8, 4) is 5.75 Å². The molecule has 0 spiro atoms. The Labute approximate surface area is 65.6 Å². The number of rotatable bonds is 2. The molecular formula is C8H11NO2. The third kappa shape index (κ3) is 1.69. The normalized spacial score (nSPS) is 9.73. The predicted molar refractivity (Wildman–Crippen MR) is 42.7 cm³/mol. The number of methoxy groups -OCH3 is 1. The molecule has 0 aliphatic rings. The van der Waals surface area contributed by atoms with Crippen LogP contribution in [0.1, 0.15) is 5.56 Å². The number of benzene rings is 1. The fraction of sp³-hybridized carbons (Fsp3) is 0.250. The Morgan fingerprint density at radius 3 is 2.64 bits per heavy atom. The molecule has 0 saturated heterocycles. The minimum atomic E-state index is 0.714. The Balaban J connectivity index is 2.99. The Morgan fingerprint density at radius 2 is 2.18 bits per heavy atom. The minimum Gasteiger partial charge on any atom is -0.630 e. The average Bonchev–Trinajstić information content (AvgIpc) is 2.04. The van der Waals surface area contributed by atoms with Crippen molar-refractivity contribution in [2.24, 2.45) is 0 Å². The second-order valence-electron chi connectivity index (χ2n) is 2.34. The molecule has 0 bridgehead atoms. The minimum absolute atomic E-state index is 0.714. The lowest BCUT2D eigenvalue weighted by Crippen LogP contribution is -2.70. The van der Waals surface area contributed by atoms with E-state index in [4.69, 9.17) is 4.74 Å². The van der Waals surface area contributed by atoms with E-state index < -0.39 is 0 Å². The van der Waals surface area contributed by atoms with Gasteiger partial charge in [0.25, 0.3) is 0 Å². The van der Waals surface area contributed by atoms with Crippen molar-refractivity contribution in [2.75, 3.05) is 7.11 Å². The number of aryl methyl sites for hydroxylation is 1. The summed E-state index contributed by atoms with van der Waals surface area (Å²) in [6.45, 7) is 1.88. The summed E-state index contributed by atoms with van der Waals surface area (Å²) in [5.41, 5.74) is 2.50. The molecule has 0 saturated carbocycles. The molecule has 60 valence electrons. The molecule has 0 unspecified atom stereocenters. The van der Waals surface area contributed by atoms with Crippen LogP contribution >= 0.6 is 0 Å². The van der Waals surface area contributed by atoms with Gasteiger partial charge in [0.1, 0.15) is 11.4 Å². The van der Waals surface area contributed by atoms with E-state index >= 15 is 0 Å². The van der Waals surface area contributed by atoms with Crippen LogP contribution in [0.15, 0.2) is 18.2 Å². The van der Waals surface area contributed by atoms with Crippen molar-refractivity contribution in [2.45, 2.75) is 6.92 Å². The van der Waals surface area contributed by atoms with Crippen molar-refractivity contribution in [1.29, 1.82) is 0 Å². The van der Waals surface area contributed by atoms with Crippen LogP contribution in [0.25, 0.3) is 0 Å². The highest BCUT2D eigenvalue weighted by Gasteiger charge is 1.98. The second kappa shape index (κ2) is 3.37. The van der Waals surface area contributed by atoms with E-state index in [-0.39, 0.29) is 0 Å². The summed E-state index contributed by atoms with van der Waals surface area (Å²) in [5, 5.41) is 10.4. The smallest absolute Gasteiger partial charge is 0.132 e. The standard InChI is InChI=1S/C8H11NO2/c1-6-5-7(11-2)3-4-8(6)9-10/h3-5H,9H2,1-2H3. The molecule has 0 aliphatic heterocycles. The molecule has 1 aromatic carbocycles. The quantitative estimate of drug-likeness (QED) is 0.502. The summed E-state index contributed by atoms with van der Waals surface area (Å²) < 4.78 is 4.98. The maximum Gasteiger partial charge on any atom is 0.132 e. The van der Waals surface area contributed by atoms with E-state index in [0.717, 1.165) is 16.8 Å². The Morgan fingerprint density at radius 1 is 1.45 bits per heavy atom. The van der Waals surface area contributed by atoms with Crippen LogP contribution in [0.4, 0.5) is 5.69 Å². The fourth-order valence-corrected chi connectivity index (χ4v) is 0.907. The zero-order chi connectivity index (χ0) is 8.27.